The molecule has 0 amide bonds. The Morgan fingerprint density at radius 2 is 2.00 bits per heavy atom. The summed E-state index contributed by atoms with van der Waals surface area (Å²) >= 11 is 0. The van der Waals surface area contributed by atoms with E-state index >= 15 is 0 Å². The van der Waals surface area contributed by atoms with Crippen LogP contribution in [0.3, 0.4) is 0 Å². The molecule has 0 unspecified atom stereocenters. The first kappa shape index (κ1) is 8.31. The summed E-state index contributed by atoms with van der Waals surface area (Å²) < 4.78 is 13.0. The lowest BCUT2D eigenvalue weighted by Gasteiger charge is -2.06. The lowest BCUT2D eigenvalue weighted by molar-refractivity contribution is 0.599. The monoisotopic (exact) mass is 148 g/mol. The van der Waals surface area contributed by atoms with E-state index in [2.05, 4.69) is 0 Å². The van der Waals surface area contributed by atoms with Gasteiger partial charge in [-0.25, -0.2) is 4.39 Å². The quantitative estimate of drug-likeness (QED) is 0.532. The number of halogens is 1. The summed E-state index contributed by atoms with van der Waals surface area (Å²) in [6.45, 7) is 3.91. The third-order valence-electron chi connectivity index (χ3n) is 1.65. The Morgan fingerprint density at radius 3 is 2.45 bits per heavy atom. The van der Waals surface area contributed by atoms with Crippen molar-refractivity contribution in [1.82, 2.24) is 0 Å². The van der Waals surface area contributed by atoms with E-state index in [0.717, 1.165) is 5.56 Å². The second kappa shape index (κ2) is 3.08. The summed E-state index contributed by atoms with van der Waals surface area (Å²) in [5.41, 5.74) is 1.20. The first-order valence-corrected chi connectivity index (χ1v) is 3.66. The van der Waals surface area contributed by atoms with Crippen LogP contribution in [0.5, 0.6) is 0 Å². The molecule has 0 saturated heterocycles. The zero-order valence-electron chi connectivity index (χ0n) is 6.76. The SMILES string of the molecule is [B]c1ccc(C(C)C)c(F)c1. The Kier molecular flexibility index (Phi) is 2.33. The fraction of sp³-hybridized carbons (Fsp3) is 0.333. The lowest BCUT2D eigenvalue weighted by atomic mass is 9.92. The molecule has 0 spiro atoms. The minimum Gasteiger partial charge on any atom is -0.207 e. The fourth-order valence-electron chi connectivity index (χ4n) is 1.01. The van der Waals surface area contributed by atoms with Crippen LogP contribution in [0.1, 0.15) is 25.3 Å². The Morgan fingerprint density at radius 1 is 1.36 bits per heavy atom. The van der Waals surface area contributed by atoms with Gasteiger partial charge in [0.25, 0.3) is 0 Å². The van der Waals surface area contributed by atoms with E-state index < -0.39 is 0 Å². The highest BCUT2D eigenvalue weighted by Gasteiger charge is 2.04. The molecule has 1 aromatic carbocycles. The standard InChI is InChI=1S/C9H10BF/c1-6(2)8-4-3-7(10)5-9(8)11/h3-6H,1-2H3. The van der Waals surface area contributed by atoms with Crippen LogP contribution in [0, 0.1) is 5.82 Å². The van der Waals surface area contributed by atoms with Gasteiger partial charge in [-0.2, -0.15) is 0 Å². The highest BCUT2D eigenvalue weighted by molar-refractivity contribution is 6.32. The minimum atomic E-state index is -0.208. The third kappa shape index (κ3) is 1.82. The molecule has 1 aromatic rings. The molecule has 0 aliphatic heterocycles. The van der Waals surface area contributed by atoms with Gasteiger partial charge in [-0.15, -0.1) is 0 Å². The van der Waals surface area contributed by atoms with Crippen LogP contribution in [0.15, 0.2) is 18.2 Å². The van der Waals surface area contributed by atoms with Crippen LogP contribution in [-0.4, -0.2) is 7.85 Å². The zero-order valence-corrected chi connectivity index (χ0v) is 6.76. The number of hydrogen-bond acceptors (Lipinski definition) is 0. The van der Waals surface area contributed by atoms with Gasteiger partial charge in [0.1, 0.15) is 13.7 Å². The van der Waals surface area contributed by atoms with Crippen LogP contribution in [0.2, 0.25) is 0 Å². The van der Waals surface area contributed by atoms with E-state index in [1.165, 1.54) is 6.07 Å². The predicted octanol–water partition coefficient (Wildman–Crippen LogP) is 1.74. The van der Waals surface area contributed by atoms with E-state index in [-0.39, 0.29) is 11.7 Å². The van der Waals surface area contributed by atoms with Crippen LogP contribution in [-0.2, 0) is 0 Å². The highest BCUT2D eigenvalue weighted by atomic mass is 19.1. The molecule has 0 saturated carbocycles. The average molecular weight is 148 g/mol. The van der Waals surface area contributed by atoms with Crippen molar-refractivity contribution in [2.24, 2.45) is 0 Å². The third-order valence-corrected chi connectivity index (χ3v) is 1.65. The Balaban J connectivity index is 3.09. The Bertz CT molecular complexity index is 256. The van der Waals surface area contributed by atoms with E-state index in [4.69, 9.17) is 7.85 Å². The molecule has 0 aromatic heterocycles. The van der Waals surface area contributed by atoms with E-state index in [1.807, 2.05) is 13.8 Å². The van der Waals surface area contributed by atoms with Crippen molar-refractivity contribution in [1.29, 1.82) is 0 Å². The van der Waals surface area contributed by atoms with Gasteiger partial charge in [0.2, 0.25) is 0 Å². The fourth-order valence-corrected chi connectivity index (χ4v) is 1.01. The molecule has 1 rings (SSSR count). The minimum absolute atomic E-state index is 0.208. The van der Waals surface area contributed by atoms with Crippen molar-refractivity contribution in [3.8, 4) is 0 Å². The number of benzene rings is 1. The lowest BCUT2D eigenvalue weighted by Crippen LogP contribution is -2.05. The molecular weight excluding hydrogens is 138 g/mol. The van der Waals surface area contributed by atoms with Gasteiger partial charge in [0.15, 0.2) is 0 Å². The number of hydrogen-bond donors (Lipinski definition) is 0. The zero-order chi connectivity index (χ0) is 8.43. The molecule has 0 nitrogen and oxygen atoms in total. The number of rotatable bonds is 1. The van der Waals surface area contributed by atoms with Crippen molar-refractivity contribution in [2.75, 3.05) is 0 Å². The van der Waals surface area contributed by atoms with Gasteiger partial charge in [-0.05, 0) is 17.5 Å². The van der Waals surface area contributed by atoms with E-state index in [1.54, 1.807) is 12.1 Å². The van der Waals surface area contributed by atoms with Gasteiger partial charge < -0.3 is 0 Å². The Labute approximate surface area is 67.8 Å². The highest BCUT2D eigenvalue weighted by Crippen LogP contribution is 2.15. The summed E-state index contributed by atoms with van der Waals surface area (Å²) in [5, 5.41) is 0. The first-order valence-electron chi connectivity index (χ1n) is 3.66. The van der Waals surface area contributed by atoms with Gasteiger partial charge in [0.05, 0.1) is 0 Å². The van der Waals surface area contributed by atoms with Crippen LogP contribution in [0.25, 0.3) is 0 Å². The average Bonchev–Trinajstić information content (AvgIpc) is 1.85. The molecule has 0 N–H and O–H groups in total. The second-order valence-electron chi connectivity index (χ2n) is 2.94. The van der Waals surface area contributed by atoms with Crippen molar-refractivity contribution >= 4 is 13.3 Å². The Hall–Kier alpha value is -0.785. The first-order chi connectivity index (χ1) is 5.11. The topological polar surface area (TPSA) is 0 Å². The molecular formula is C9H10BF. The molecule has 11 heavy (non-hydrogen) atoms. The predicted molar refractivity (Wildman–Crippen MR) is 45.9 cm³/mol. The molecule has 0 aliphatic carbocycles. The maximum atomic E-state index is 13.0. The van der Waals surface area contributed by atoms with Crippen LogP contribution < -0.4 is 5.46 Å². The molecule has 0 aliphatic rings. The summed E-state index contributed by atoms with van der Waals surface area (Å²) in [5.74, 6) is 0.00981. The van der Waals surface area contributed by atoms with Crippen LogP contribution >= 0.6 is 0 Å². The van der Waals surface area contributed by atoms with Crippen molar-refractivity contribution < 1.29 is 4.39 Å². The molecule has 56 valence electrons. The normalized spacial score (nSPS) is 10.5. The summed E-state index contributed by atoms with van der Waals surface area (Å²) in [4.78, 5) is 0. The molecule has 0 fully saturated rings. The van der Waals surface area contributed by atoms with Crippen molar-refractivity contribution in [3.63, 3.8) is 0 Å². The molecule has 2 heteroatoms. The van der Waals surface area contributed by atoms with Crippen LogP contribution in [0.4, 0.5) is 4.39 Å². The molecule has 2 radical (unpaired) electrons. The maximum Gasteiger partial charge on any atom is 0.126 e. The second-order valence-corrected chi connectivity index (χ2v) is 2.94. The molecule has 0 heterocycles. The summed E-state index contributed by atoms with van der Waals surface area (Å²) in [7, 11) is 5.39. The smallest absolute Gasteiger partial charge is 0.126 e. The van der Waals surface area contributed by atoms with Gasteiger partial charge in [-0.1, -0.05) is 31.4 Å². The van der Waals surface area contributed by atoms with Gasteiger partial charge in [0, 0.05) is 0 Å². The maximum absolute atomic E-state index is 13.0. The summed E-state index contributed by atoms with van der Waals surface area (Å²) in [6.07, 6.45) is 0. The molecule has 0 atom stereocenters. The van der Waals surface area contributed by atoms with Gasteiger partial charge >= 0.3 is 0 Å². The van der Waals surface area contributed by atoms with Crippen molar-refractivity contribution in [3.05, 3.63) is 29.6 Å². The largest absolute Gasteiger partial charge is 0.207 e. The van der Waals surface area contributed by atoms with Gasteiger partial charge in [-0.3, -0.25) is 0 Å². The van der Waals surface area contributed by atoms with E-state index in [9.17, 15) is 4.39 Å². The summed E-state index contributed by atoms with van der Waals surface area (Å²) in [6, 6.07) is 4.81. The molecule has 0 bridgehead atoms. The van der Waals surface area contributed by atoms with E-state index in [0.29, 0.717) is 5.46 Å². The van der Waals surface area contributed by atoms with Crippen molar-refractivity contribution in [2.45, 2.75) is 19.8 Å².